The summed E-state index contributed by atoms with van der Waals surface area (Å²) >= 11 is 7.16. The monoisotopic (exact) mass is 394 g/mol. The smallest absolute Gasteiger partial charge is 0.230 e. The highest BCUT2D eigenvalue weighted by Crippen LogP contribution is 2.23. The number of aromatic nitrogens is 3. The Labute approximate surface area is 162 Å². The molecule has 2 N–H and O–H groups in total. The molecule has 6 nitrogen and oxygen atoms in total. The number of nitrogens with one attached hydrogen (secondary N) is 2. The Hall–Kier alpha value is -1.73. The van der Waals surface area contributed by atoms with Crippen molar-refractivity contribution in [2.45, 2.75) is 50.4 Å². The van der Waals surface area contributed by atoms with Crippen molar-refractivity contribution in [1.82, 2.24) is 20.5 Å². The number of aromatic amines is 1. The van der Waals surface area contributed by atoms with Gasteiger partial charge in [-0.3, -0.25) is 9.89 Å². The number of carbonyl (C=O) groups is 1. The third kappa shape index (κ3) is 5.92. The molecule has 26 heavy (non-hydrogen) atoms. The zero-order valence-electron chi connectivity index (χ0n) is 14.7. The number of H-pyrrole nitrogens is 1. The second-order valence-corrected chi connectivity index (χ2v) is 8.00. The summed E-state index contributed by atoms with van der Waals surface area (Å²) < 4.78 is 5.61. The van der Waals surface area contributed by atoms with Crippen LogP contribution in [0.5, 0.6) is 5.75 Å². The second-order valence-electron chi connectivity index (χ2n) is 6.62. The van der Waals surface area contributed by atoms with Crippen LogP contribution in [-0.4, -0.2) is 32.9 Å². The van der Waals surface area contributed by atoms with Gasteiger partial charge in [-0.15, -0.1) is 5.10 Å². The number of rotatable bonds is 7. The van der Waals surface area contributed by atoms with E-state index in [1.807, 2.05) is 0 Å². The summed E-state index contributed by atoms with van der Waals surface area (Å²) in [5.41, 5.74) is 0. The molecule has 0 aliphatic heterocycles. The molecule has 1 heterocycles. The molecule has 140 valence electrons. The van der Waals surface area contributed by atoms with Gasteiger partial charge in [-0.25, -0.2) is 4.98 Å². The number of thioether (sulfide) groups is 1. The van der Waals surface area contributed by atoms with E-state index in [0.717, 1.165) is 18.8 Å². The van der Waals surface area contributed by atoms with Crippen LogP contribution in [-0.2, 0) is 11.4 Å². The molecule has 2 aromatic rings. The normalized spacial score (nSPS) is 19.9. The summed E-state index contributed by atoms with van der Waals surface area (Å²) in [6.07, 6.45) is 4.53. The average Bonchev–Trinajstić information content (AvgIpc) is 3.09. The molecule has 1 aromatic heterocycles. The summed E-state index contributed by atoms with van der Waals surface area (Å²) in [5.74, 6) is 2.46. The van der Waals surface area contributed by atoms with E-state index in [9.17, 15) is 4.79 Å². The highest BCUT2D eigenvalue weighted by Gasteiger charge is 2.20. The van der Waals surface area contributed by atoms with Crippen LogP contribution in [0.2, 0.25) is 5.02 Å². The van der Waals surface area contributed by atoms with Crippen LogP contribution >= 0.6 is 23.4 Å². The molecule has 1 aliphatic rings. The van der Waals surface area contributed by atoms with Crippen molar-refractivity contribution >= 4 is 29.3 Å². The lowest BCUT2D eigenvalue weighted by Gasteiger charge is -2.26. The van der Waals surface area contributed by atoms with Gasteiger partial charge in [-0.2, -0.15) is 0 Å². The SMILES string of the molecule is CC1CCC(NC(=O)CSc2n[nH]c(COc3ccc(Cl)cc3)n2)CC1. The van der Waals surface area contributed by atoms with E-state index in [4.69, 9.17) is 16.3 Å². The summed E-state index contributed by atoms with van der Waals surface area (Å²) in [6, 6.07) is 7.44. The Bertz CT molecular complexity index is 714. The molecule has 0 unspecified atom stereocenters. The van der Waals surface area contributed by atoms with E-state index in [1.54, 1.807) is 24.3 Å². The van der Waals surface area contributed by atoms with Gasteiger partial charge < -0.3 is 10.1 Å². The van der Waals surface area contributed by atoms with E-state index >= 15 is 0 Å². The fraction of sp³-hybridized carbons (Fsp3) is 0.500. The summed E-state index contributed by atoms with van der Waals surface area (Å²) in [6.45, 7) is 2.55. The quantitative estimate of drug-likeness (QED) is 0.697. The molecule has 0 saturated heterocycles. The molecular weight excluding hydrogens is 372 g/mol. The summed E-state index contributed by atoms with van der Waals surface area (Å²) in [5, 5.41) is 11.3. The topological polar surface area (TPSA) is 79.9 Å². The predicted octanol–water partition coefficient (Wildman–Crippen LogP) is 3.82. The van der Waals surface area contributed by atoms with Gasteiger partial charge in [0.15, 0.2) is 5.82 Å². The Balaban J connectivity index is 1.39. The van der Waals surface area contributed by atoms with Gasteiger partial charge in [0.2, 0.25) is 11.1 Å². The maximum atomic E-state index is 12.1. The summed E-state index contributed by atoms with van der Waals surface area (Å²) in [7, 11) is 0. The van der Waals surface area contributed by atoms with Crippen LogP contribution in [0.3, 0.4) is 0 Å². The highest BCUT2D eigenvalue weighted by atomic mass is 35.5. The lowest BCUT2D eigenvalue weighted by atomic mass is 9.87. The zero-order chi connectivity index (χ0) is 18.4. The minimum Gasteiger partial charge on any atom is -0.486 e. The number of hydrogen-bond acceptors (Lipinski definition) is 5. The van der Waals surface area contributed by atoms with Gasteiger partial charge in [0.05, 0.1) is 5.75 Å². The Morgan fingerprint density at radius 1 is 1.31 bits per heavy atom. The fourth-order valence-electron chi connectivity index (χ4n) is 2.89. The molecular formula is C18H23ClN4O2S. The number of benzene rings is 1. The molecule has 1 aromatic carbocycles. The van der Waals surface area contributed by atoms with Crippen molar-refractivity contribution in [2.24, 2.45) is 5.92 Å². The highest BCUT2D eigenvalue weighted by molar-refractivity contribution is 7.99. The number of nitrogens with zero attached hydrogens (tertiary/aromatic N) is 2. The van der Waals surface area contributed by atoms with Crippen molar-refractivity contribution in [3.63, 3.8) is 0 Å². The third-order valence-electron chi connectivity index (χ3n) is 4.41. The van der Waals surface area contributed by atoms with Crippen molar-refractivity contribution < 1.29 is 9.53 Å². The average molecular weight is 395 g/mol. The largest absolute Gasteiger partial charge is 0.486 e. The number of carbonyl (C=O) groups excluding carboxylic acids is 1. The number of ether oxygens (including phenoxy) is 1. The molecule has 0 atom stereocenters. The first kappa shape index (κ1) is 19.0. The maximum Gasteiger partial charge on any atom is 0.230 e. The van der Waals surface area contributed by atoms with Crippen LogP contribution < -0.4 is 10.1 Å². The second kappa shape index (κ2) is 9.28. The molecule has 0 radical (unpaired) electrons. The number of amides is 1. The predicted molar refractivity (Wildman–Crippen MR) is 102 cm³/mol. The van der Waals surface area contributed by atoms with Gasteiger partial charge >= 0.3 is 0 Å². The van der Waals surface area contributed by atoms with Crippen molar-refractivity contribution in [3.05, 3.63) is 35.1 Å². The molecule has 0 spiro atoms. The van der Waals surface area contributed by atoms with E-state index < -0.39 is 0 Å². The van der Waals surface area contributed by atoms with Gasteiger partial charge in [-0.1, -0.05) is 30.3 Å². The van der Waals surface area contributed by atoms with Gasteiger partial charge in [-0.05, 0) is 55.9 Å². The van der Waals surface area contributed by atoms with Crippen molar-refractivity contribution in [3.8, 4) is 5.75 Å². The molecule has 1 fully saturated rings. The van der Waals surface area contributed by atoms with Crippen LogP contribution in [0.4, 0.5) is 0 Å². The standard InChI is InChI=1S/C18H23ClN4O2S/c1-12-2-6-14(7-3-12)20-17(24)11-26-18-21-16(22-23-18)10-25-15-8-4-13(19)5-9-15/h4-5,8-9,12,14H,2-3,6-7,10-11H2,1H3,(H,20,24)(H,21,22,23). The van der Waals surface area contributed by atoms with Gasteiger partial charge in [0.25, 0.3) is 0 Å². The first-order valence-electron chi connectivity index (χ1n) is 8.80. The Morgan fingerprint density at radius 3 is 2.77 bits per heavy atom. The molecule has 1 saturated carbocycles. The van der Waals surface area contributed by atoms with Crippen molar-refractivity contribution in [2.75, 3.05) is 5.75 Å². The van der Waals surface area contributed by atoms with Gasteiger partial charge in [0.1, 0.15) is 12.4 Å². The van der Waals surface area contributed by atoms with E-state index in [0.29, 0.717) is 33.5 Å². The third-order valence-corrected chi connectivity index (χ3v) is 5.51. The van der Waals surface area contributed by atoms with Crippen LogP contribution in [0, 0.1) is 5.92 Å². The molecule has 3 rings (SSSR count). The van der Waals surface area contributed by atoms with E-state index in [1.165, 1.54) is 24.6 Å². The van der Waals surface area contributed by atoms with Crippen LogP contribution in [0.1, 0.15) is 38.4 Å². The number of hydrogen-bond donors (Lipinski definition) is 2. The fourth-order valence-corrected chi connectivity index (χ4v) is 3.65. The Kier molecular flexibility index (Phi) is 6.80. The van der Waals surface area contributed by atoms with Gasteiger partial charge in [0, 0.05) is 11.1 Å². The first-order chi connectivity index (χ1) is 12.6. The van der Waals surface area contributed by atoms with E-state index in [2.05, 4.69) is 27.4 Å². The maximum absolute atomic E-state index is 12.1. The summed E-state index contributed by atoms with van der Waals surface area (Å²) in [4.78, 5) is 16.4. The lowest BCUT2D eigenvalue weighted by Crippen LogP contribution is -2.38. The molecule has 1 amide bonds. The van der Waals surface area contributed by atoms with Crippen LogP contribution in [0.15, 0.2) is 29.4 Å². The molecule has 8 heteroatoms. The minimum absolute atomic E-state index is 0.0401. The van der Waals surface area contributed by atoms with E-state index in [-0.39, 0.29) is 12.5 Å². The molecule has 0 bridgehead atoms. The first-order valence-corrected chi connectivity index (χ1v) is 10.2. The molecule has 1 aliphatic carbocycles. The lowest BCUT2D eigenvalue weighted by molar-refractivity contribution is -0.119. The Morgan fingerprint density at radius 2 is 2.04 bits per heavy atom. The number of halogens is 1. The van der Waals surface area contributed by atoms with Crippen molar-refractivity contribution in [1.29, 1.82) is 0 Å². The minimum atomic E-state index is 0.0401. The zero-order valence-corrected chi connectivity index (χ0v) is 16.3. The van der Waals surface area contributed by atoms with Crippen LogP contribution in [0.25, 0.3) is 0 Å².